The highest BCUT2D eigenvalue weighted by atomic mass is 15.3. The van der Waals surface area contributed by atoms with Crippen molar-refractivity contribution in [2.24, 2.45) is 4.99 Å². The minimum absolute atomic E-state index is 0.275. The maximum Gasteiger partial charge on any atom is 0.222 e. The third-order valence-electron chi connectivity index (χ3n) is 3.43. The SMILES string of the molecule is Nc1nc(-c2ccncc2)c2c(n1)N1CCN=C1C=C2. The van der Waals surface area contributed by atoms with E-state index in [1.807, 2.05) is 24.3 Å². The van der Waals surface area contributed by atoms with Gasteiger partial charge in [0.15, 0.2) is 0 Å². The number of aliphatic imine (C=N–C) groups is 1. The Balaban J connectivity index is 1.96. The van der Waals surface area contributed by atoms with Crippen molar-refractivity contribution in [1.29, 1.82) is 0 Å². The topological polar surface area (TPSA) is 80.3 Å². The maximum atomic E-state index is 5.87. The summed E-state index contributed by atoms with van der Waals surface area (Å²) < 4.78 is 0. The molecule has 2 aromatic rings. The highest BCUT2D eigenvalue weighted by Gasteiger charge is 2.26. The molecule has 0 bridgehead atoms. The quantitative estimate of drug-likeness (QED) is 0.841. The summed E-state index contributed by atoms with van der Waals surface area (Å²) in [6, 6.07) is 3.84. The highest BCUT2D eigenvalue weighted by molar-refractivity contribution is 6.13. The Bertz CT molecular complexity index is 735. The molecule has 2 aliphatic rings. The lowest BCUT2D eigenvalue weighted by Gasteiger charge is -2.24. The Labute approximate surface area is 115 Å². The van der Waals surface area contributed by atoms with Crippen LogP contribution in [0.5, 0.6) is 0 Å². The van der Waals surface area contributed by atoms with E-state index in [4.69, 9.17) is 5.73 Å². The van der Waals surface area contributed by atoms with Gasteiger partial charge in [0.2, 0.25) is 5.95 Å². The average Bonchev–Trinajstić information content (AvgIpc) is 2.96. The molecule has 2 N–H and O–H groups in total. The lowest BCUT2D eigenvalue weighted by molar-refractivity contribution is 0.989. The first-order valence-electron chi connectivity index (χ1n) is 6.41. The lowest BCUT2D eigenvalue weighted by Crippen LogP contribution is -2.30. The molecule has 6 heteroatoms. The summed E-state index contributed by atoms with van der Waals surface area (Å²) >= 11 is 0. The van der Waals surface area contributed by atoms with Crippen LogP contribution in [0.1, 0.15) is 5.56 Å². The number of anilines is 2. The monoisotopic (exact) mass is 264 g/mol. The Morgan fingerprint density at radius 2 is 1.95 bits per heavy atom. The van der Waals surface area contributed by atoms with Crippen LogP contribution in [0, 0.1) is 0 Å². The molecule has 0 radical (unpaired) electrons. The minimum Gasteiger partial charge on any atom is -0.368 e. The maximum absolute atomic E-state index is 5.87. The Morgan fingerprint density at radius 1 is 1.10 bits per heavy atom. The number of nitrogens with two attached hydrogens (primary N) is 1. The number of rotatable bonds is 1. The normalized spacial score (nSPS) is 15.8. The van der Waals surface area contributed by atoms with Gasteiger partial charge in [-0.05, 0) is 24.3 Å². The van der Waals surface area contributed by atoms with Gasteiger partial charge in [-0.25, -0.2) is 4.98 Å². The van der Waals surface area contributed by atoms with Crippen LogP contribution in [0.3, 0.4) is 0 Å². The fourth-order valence-electron chi connectivity index (χ4n) is 2.54. The summed E-state index contributed by atoms with van der Waals surface area (Å²) in [6.45, 7) is 1.62. The van der Waals surface area contributed by atoms with Gasteiger partial charge in [-0.15, -0.1) is 0 Å². The largest absolute Gasteiger partial charge is 0.368 e. The molecule has 0 atom stereocenters. The molecule has 4 heterocycles. The molecule has 2 aromatic heterocycles. The molecule has 0 amide bonds. The first-order valence-corrected chi connectivity index (χ1v) is 6.41. The number of amidine groups is 1. The van der Waals surface area contributed by atoms with E-state index >= 15 is 0 Å². The predicted molar refractivity (Wildman–Crippen MR) is 78.4 cm³/mol. The number of pyridine rings is 1. The second-order valence-electron chi connectivity index (χ2n) is 4.63. The summed E-state index contributed by atoms with van der Waals surface area (Å²) in [5.41, 5.74) is 8.66. The van der Waals surface area contributed by atoms with E-state index in [9.17, 15) is 0 Å². The second kappa shape index (κ2) is 4.12. The van der Waals surface area contributed by atoms with E-state index in [0.717, 1.165) is 41.6 Å². The summed E-state index contributed by atoms with van der Waals surface area (Å²) in [7, 11) is 0. The van der Waals surface area contributed by atoms with E-state index in [1.165, 1.54) is 0 Å². The molecular formula is C14H12N6. The first kappa shape index (κ1) is 11.1. The fourth-order valence-corrected chi connectivity index (χ4v) is 2.54. The molecule has 20 heavy (non-hydrogen) atoms. The molecule has 0 unspecified atom stereocenters. The summed E-state index contributed by atoms with van der Waals surface area (Å²) in [4.78, 5) is 19.3. The van der Waals surface area contributed by atoms with Crippen LogP contribution >= 0.6 is 0 Å². The molecule has 4 rings (SSSR count). The Kier molecular flexibility index (Phi) is 2.29. The molecule has 0 fully saturated rings. The predicted octanol–water partition coefficient (Wildman–Crippen LogP) is 1.37. The van der Waals surface area contributed by atoms with E-state index in [0.29, 0.717) is 0 Å². The molecule has 0 saturated heterocycles. The zero-order valence-corrected chi connectivity index (χ0v) is 10.7. The number of fused-ring (bicyclic) bond motifs is 3. The van der Waals surface area contributed by atoms with Crippen molar-refractivity contribution in [1.82, 2.24) is 15.0 Å². The van der Waals surface area contributed by atoms with E-state index < -0.39 is 0 Å². The molecule has 0 spiro atoms. The molecule has 0 aliphatic carbocycles. The summed E-state index contributed by atoms with van der Waals surface area (Å²) in [6.07, 6.45) is 7.50. The van der Waals surface area contributed by atoms with Crippen LogP contribution in [0.4, 0.5) is 11.8 Å². The van der Waals surface area contributed by atoms with Crippen LogP contribution in [-0.4, -0.2) is 33.9 Å². The van der Waals surface area contributed by atoms with Crippen molar-refractivity contribution < 1.29 is 0 Å². The Morgan fingerprint density at radius 3 is 2.80 bits per heavy atom. The van der Waals surface area contributed by atoms with Crippen molar-refractivity contribution >= 4 is 23.7 Å². The second-order valence-corrected chi connectivity index (χ2v) is 4.63. The van der Waals surface area contributed by atoms with Crippen LogP contribution in [0.25, 0.3) is 17.3 Å². The number of hydrogen-bond acceptors (Lipinski definition) is 6. The van der Waals surface area contributed by atoms with Gasteiger partial charge in [-0.2, -0.15) is 4.98 Å². The lowest BCUT2D eigenvalue weighted by atomic mass is 10.0. The van der Waals surface area contributed by atoms with Gasteiger partial charge in [0.05, 0.1) is 12.2 Å². The van der Waals surface area contributed by atoms with Crippen LogP contribution in [0.2, 0.25) is 0 Å². The Hall–Kier alpha value is -2.76. The van der Waals surface area contributed by atoms with Crippen LogP contribution < -0.4 is 10.6 Å². The van der Waals surface area contributed by atoms with Crippen molar-refractivity contribution in [2.45, 2.75) is 0 Å². The molecule has 98 valence electrons. The molecule has 2 aliphatic heterocycles. The van der Waals surface area contributed by atoms with Crippen molar-refractivity contribution in [3.8, 4) is 11.3 Å². The number of hydrogen-bond donors (Lipinski definition) is 1. The first-order chi connectivity index (χ1) is 9.83. The van der Waals surface area contributed by atoms with Gasteiger partial charge < -0.3 is 10.6 Å². The number of nitrogens with zero attached hydrogens (tertiary/aromatic N) is 5. The van der Waals surface area contributed by atoms with Gasteiger partial charge in [0.25, 0.3) is 0 Å². The van der Waals surface area contributed by atoms with E-state index in [2.05, 4.69) is 24.8 Å². The fraction of sp³-hybridized carbons (Fsp3) is 0.143. The van der Waals surface area contributed by atoms with Crippen LogP contribution in [-0.2, 0) is 0 Å². The average molecular weight is 264 g/mol. The van der Waals surface area contributed by atoms with Crippen LogP contribution in [0.15, 0.2) is 35.6 Å². The van der Waals surface area contributed by atoms with Gasteiger partial charge >= 0.3 is 0 Å². The van der Waals surface area contributed by atoms with Crippen molar-refractivity contribution in [3.05, 3.63) is 36.2 Å². The smallest absolute Gasteiger partial charge is 0.222 e. The van der Waals surface area contributed by atoms with E-state index in [1.54, 1.807) is 12.4 Å². The molecule has 0 aromatic carbocycles. The van der Waals surface area contributed by atoms with E-state index in [-0.39, 0.29) is 5.95 Å². The molecular weight excluding hydrogens is 252 g/mol. The zero-order valence-electron chi connectivity index (χ0n) is 10.7. The van der Waals surface area contributed by atoms with Gasteiger partial charge in [-0.1, -0.05) is 0 Å². The third-order valence-corrected chi connectivity index (χ3v) is 3.43. The van der Waals surface area contributed by atoms with Crippen molar-refractivity contribution in [2.75, 3.05) is 23.7 Å². The minimum atomic E-state index is 0.275. The highest BCUT2D eigenvalue weighted by Crippen LogP contribution is 2.34. The van der Waals surface area contributed by atoms with Gasteiger partial charge in [-0.3, -0.25) is 9.98 Å². The zero-order chi connectivity index (χ0) is 13.5. The van der Waals surface area contributed by atoms with Gasteiger partial charge in [0.1, 0.15) is 11.7 Å². The number of nitrogen functional groups attached to an aromatic ring is 1. The van der Waals surface area contributed by atoms with Crippen molar-refractivity contribution in [3.63, 3.8) is 0 Å². The standard InChI is InChI=1S/C14H12N6/c15-14-18-12(9-3-5-16-6-4-9)10-1-2-11-17-7-8-20(11)13(10)19-14/h1-6H,7-8H2,(H2,15,18,19). The summed E-state index contributed by atoms with van der Waals surface area (Å²) in [5, 5.41) is 0. The molecule has 0 saturated carbocycles. The molecule has 6 nitrogen and oxygen atoms in total. The third kappa shape index (κ3) is 1.58. The summed E-state index contributed by atoms with van der Waals surface area (Å²) in [5.74, 6) is 2.05. The van der Waals surface area contributed by atoms with Gasteiger partial charge in [0, 0.05) is 30.1 Å². The number of aromatic nitrogens is 3.